The number of amides is 1. The summed E-state index contributed by atoms with van der Waals surface area (Å²) in [5.41, 5.74) is 9.37. The molecule has 0 aliphatic rings. The minimum absolute atomic E-state index is 0. The van der Waals surface area contributed by atoms with Crippen molar-refractivity contribution in [3.8, 4) is 0 Å². The summed E-state index contributed by atoms with van der Waals surface area (Å²) < 4.78 is 25.8. The number of nitrogens with one attached hydrogen (secondary N) is 2. The lowest BCUT2D eigenvalue weighted by atomic mass is 10.1. The van der Waals surface area contributed by atoms with Gasteiger partial charge < -0.3 is 11.1 Å². The van der Waals surface area contributed by atoms with E-state index in [1.54, 1.807) is 32.0 Å². The summed E-state index contributed by atoms with van der Waals surface area (Å²) in [7, 11) is -3.32. The van der Waals surface area contributed by atoms with Crippen molar-refractivity contribution in [1.29, 1.82) is 0 Å². The molecule has 26 heavy (non-hydrogen) atoms. The number of hydrogen-bond donors (Lipinski definition) is 3. The van der Waals surface area contributed by atoms with Gasteiger partial charge in [-0.25, -0.2) is 8.42 Å². The highest BCUT2D eigenvalue weighted by molar-refractivity contribution is 7.92. The SMILES string of the molecule is CCS(=O)(=O)Nc1ccc(NC(=O)CCc2ccccc2N)cc1C.Cl. The van der Waals surface area contributed by atoms with Gasteiger partial charge in [0.1, 0.15) is 0 Å². The summed E-state index contributed by atoms with van der Waals surface area (Å²) in [5.74, 6) is -0.113. The average molecular weight is 398 g/mol. The smallest absolute Gasteiger partial charge is 0.232 e. The fraction of sp³-hybridized carbons (Fsp3) is 0.278. The first-order chi connectivity index (χ1) is 11.8. The molecule has 0 saturated heterocycles. The fourth-order valence-corrected chi connectivity index (χ4v) is 3.04. The van der Waals surface area contributed by atoms with Crippen molar-refractivity contribution in [3.63, 3.8) is 0 Å². The number of para-hydroxylation sites is 1. The number of hydrogen-bond acceptors (Lipinski definition) is 4. The van der Waals surface area contributed by atoms with E-state index in [0.717, 1.165) is 11.1 Å². The molecule has 0 saturated carbocycles. The van der Waals surface area contributed by atoms with Crippen LogP contribution in [0.3, 0.4) is 0 Å². The molecule has 4 N–H and O–H groups in total. The number of nitrogen functional groups attached to an aromatic ring is 1. The maximum Gasteiger partial charge on any atom is 0.232 e. The minimum Gasteiger partial charge on any atom is -0.399 e. The first-order valence-corrected chi connectivity index (χ1v) is 9.70. The van der Waals surface area contributed by atoms with Gasteiger partial charge in [0.25, 0.3) is 0 Å². The third kappa shape index (κ3) is 6.24. The highest BCUT2D eigenvalue weighted by atomic mass is 35.5. The summed E-state index contributed by atoms with van der Waals surface area (Å²) >= 11 is 0. The molecule has 0 radical (unpaired) electrons. The molecule has 6 nitrogen and oxygen atoms in total. The van der Waals surface area contributed by atoms with Crippen LogP contribution in [0.5, 0.6) is 0 Å². The van der Waals surface area contributed by atoms with E-state index in [2.05, 4.69) is 10.0 Å². The van der Waals surface area contributed by atoms with Crippen LogP contribution in [-0.4, -0.2) is 20.1 Å². The second kappa shape index (κ2) is 9.45. The van der Waals surface area contributed by atoms with Gasteiger partial charge >= 0.3 is 0 Å². The maximum atomic E-state index is 12.1. The van der Waals surface area contributed by atoms with Gasteiger partial charge in [0.2, 0.25) is 15.9 Å². The van der Waals surface area contributed by atoms with Crippen LogP contribution in [0.2, 0.25) is 0 Å². The molecule has 0 atom stereocenters. The molecule has 8 heteroatoms. The van der Waals surface area contributed by atoms with E-state index in [1.165, 1.54) is 0 Å². The molecule has 0 bridgehead atoms. The number of aryl methyl sites for hydroxylation is 2. The number of sulfonamides is 1. The molecule has 142 valence electrons. The standard InChI is InChI=1S/C18H23N3O3S.ClH/c1-3-25(23,24)21-17-10-9-15(12-13(17)2)20-18(22)11-8-14-6-4-5-7-16(14)19;/h4-7,9-10,12,21H,3,8,11,19H2,1-2H3,(H,20,22);1H. The Balaban J connectivity index is 0.00000338. The Kier molecular flexibility index (Phi) is 7.92. The van der Waals surface area contributed by atoms with E-state index in [-0.39, 0.29) is 24.1 Å². The first kappa shape index (κ1) is 21.8. The molecule has 1 amide bonds. The maximum absolute atomic E-state index is 12.1. The average Bonchev–Trinajstić information content (AvgIpc) is 2.56. The van der Waals surface area contributed by atoms with Crippen LogP contribution in [0.4, 0.5) is 17.1 Å². The molecule has 0 aliphatic heterocycles. The molecular weight excluding hydrogens is 374 g/mol. The van der Waals surface area contributed by atoms with Crippen molar-refractivity contribution in [2.24, 2.45) is 0 Å². The first-order valence-electron chi connectivity index (χ1n) is 8.05. The second-order valence-corrected chi connectivity index (χ2v) is 7.79. The topological polar surface area (TPSA) is 101 Å². The number of halogens is 1. The van der Waals surface area contributed by atoms with Crippen LogP contribution in [0.25, 0.3) is 0 Å². The van der Waals surface area contributed by atoms with E-state index in [9.17, 15) is 13.2 Å². The Morgan fingerprint density at radius 2 is 1.85 bits per heavy atom. The lowest BCUT2D eigenvalue weighted by molar-refractivity contribution is -0.116. The lowest BCUT2D eigenvalue weighted by Crippen LogP contribution is -2.16. The third-order valence-corrected chi connectivity index (χ3v) is 5.12. The van der Waals surface area contributed by atoms with Gasteiger partial charge in [-0.05, 0) is 55.7 Å². The van der Waals surface area contributed by atoms with Crippen molar-refractivity contribution in [3.05, 3.63) is 53.6 Å². The number of carbonyl (C=O) groups is 1. The Labute approximate surface area is 160 Å². The van der Waals surface area contributed by atoms with Crippen molar-refractivity contribution >= 4 is 45.4 Å². The van der Waals surface area contributed by atoms with E-state index in [4.69, 9.17) is 5.73 Å². The van der Waals surface area contributed by atoms with E-state index >= 15 is 0 Å². The Morgan fingerprint density at radius 1 is 1.15 bits per heavy atom. The normalized spacial score (nSPS) is 10.7. The van der Waals surface area contributed by atoms with Gasteiger partial charge in [-0.15, -0.1) is 12.4 Å². The lowest BCUT2D eigenvalue weighted by Gasteiger charge is -2.12. The van der Waals surface area contributed by atoms with Crippen molar-refractivity contribution in [1.82, 2.24) is 0 Å². The molecule has 0 fully saturated rings. The molecule has 0 aliphatic carbocycles. The Hall–Kier alpha value is -2.25. The van der Waals surface area contributed by atoms with Crippen molar-refractivity contribution in [2.45, 2.75) is 26.7 Å². The number of carbonyl (C=O) groups excluding carboxylic acids is 1. The van der Waals surface area contributed by atoms with Crippen LogP contribution in [0.15, 0.2) is 42.5 Å². The summed E-state index contributed by atoms with van der Waals surface area (Å²) in [4.78, 5) is 12.1. The third-order valence-electron chi connectivity index (χ3n) is 3.83. The minimum atomic E-state index is -3.32. The molecular formula is C18H24ClN3O3S. The molecule has 0 unspecified atom stereocenters. The molecule has 2 aromatic carbocycles. The van der Waals surface area contributed by atoms with Gasteiger partial charge in [0, 0.05) is 17.8 Å². The molecule has 2 aromatic rings. The van der Waals surface area contributed by atoms with Gasteiger partial charge in [0.05, 0.1) is 11.4 Å². The number of anilines is 3. The Morgan fingerprint density at radius 3 is 2.46 bits per heavy atom. The summed E-state index contributed by atoms with van der Waals surface area (Å²) in [6.45, 7) is 3.36. The number of benzene rings is 2. The predicted octanol–water partition coefficient (Wildman–Crippen LogP) is 3.33. The highest BCUT2D eigenvalue weighted by Gasteiger charge is 2.10. The zero-order valence-electron chi connectivity index (χ0n) is 14.8. The molecule has 2 rings (SSSR count). The fourth-order valence-electron chi connectivity index (χ4n) is 2.33. The summed E-state index contributed by atoms with van der Waals surface area (Å²) in [5, 5.41) is 2.82. The van der Waals surface area contributed by atoms with Gasteiger partial charge in [-0.3, -0.25) is 9.52 Å². The zero-order chi connectivity index (χ0) is 18.4. The second-order valence-electron chi connectivity index (χ2n) is 5.78. The largest absolute Gasteiger partial charge is 0.399 e. The van der Waals surface area contributed by atoms with E-state index in [1.807, 2.05) is 24.3 Å². The predicted molar refractivity (Wildman–Crippen MR) is 109 cm³/mol. The van der Waals surface area contributed by atoms with Gasteiger partial charge in [0.15, 0.2) is 0 Å². The summed E-state index contributed by atoms with van der Waals surface area (Å²) in [6, 6.07) is 12.5. The Bertz CT molecular complexity index is 870. The monoisotopic (exact) mass is 397 g/mol. The van der Waals surface area contributed by atoms with Crippen LogP contribution in [0, 0.1) is 6.92 Å². The van der Waals surface area contributed by atoms with Crippen LogP contribution in [-0.2, 0) is 21.2 Å². The summed E-state index contributed by atoms with van der Waals surface area (Å²) in [6.07, 6.45) is 0.878. The van der Waals surface area contributed by atoms with Crippen LogP contribution < -0.4 is 15.8 Å². The quantitative estimate of drug-likeness (QED) is 0.623. The highest BCUT2D eigenvalue weighted by Crippen LogP contribution is 2.21. The van der Waals surface area contributed by atoms with Crippen molar-refractivity contribution in [2.75, 3.05) is 21.5 Å². The van der Waals surface area contributed by atoms with Gasteiger partial charge in [-0.2, -0.15) is 0 Å². The van der Waals surface area contributed by atoms with Crippen LogP contribution >= 0.6 is 12.4 Å². The molecule has 0 spiro atoms. The van der Waals surface area contributed by atoms with E-state index in [0.29, 0.717) is 29.9 Å². The van der Waals surface area contributed by atoms with Gasteiger partial charge in [-0.1, -0.05) is 18.2 Å². The van der Waals surface area contributed by atoms with Crippen molar-refractivity contribution < 1.29 is 13.2 Å². The van der Waals surface area contributed by atoms with E-state index < -0.39 is 10.0 Å². The van der Waals surface area contributed by atoms with Crippen LogP contribution in [0.1, 0.15) is 24.5 Å². The zero-order valence-corrected chi connectivity index (χ0v) is 16.4. The molecule has 0 heterocycles. The number of rotatable bonds is 7. The number of nitrogens with two attached hydrogens (primary N) is 1. The molecule has 0 aromatic heterocycles.